The highest BCUT2D eigenvalue weighted by Gasteiger charge is 2.23. The van der Waals surface area contributed by atoms with Gasteiger partial charge in [-0.3, -0.25) is 0 Å². The zero-order valence-corrected chi connectivity index (χ0v) is 25.8. The molecular formula is C44H26N4. The van der Waals surface area contributed by atoms with E-state index in [2.05, 4.69) is 135 Å². The van der Waals surface area contributed by atoms with Gasteiger partial charge in [0.15, 0.2) is 5.69 Å². The fourth-order valence-corrected chi connectivity index (χ4v) is 7.38. The first-order chi connectivity index (χ1) is 23.8. The lowest BCUT2D eigenvalue weighted by molar-refractivity contribution is 1.16. The Morgan fingerprint density at radius 1 is 0.458 bits per heavy atom. The molecule has 0 fully saturated rings. The third-order valence-corrected chi connectivity index (χ3v) is 9.40. The lowest BCUT2D eigenvalue weighted by Crippen LogP contribution is -2.03. The van der Waals surface area contributed by atoms with E-state index < -0.39 is 0 Å². The quantitative estimate of drug-likeness (QED) is 0.183. The van der Waals surface area contributed by atoms with Crippen molar-refractivity contribution in [1.29, 1.82) is 5.26 Å². The molecule has 0 aliphatic heterocycles. The molecule has 2 aromatic heterocycles. The molecule has 0 saturated heterocycles. The Balaban J connectivity index is 1.45. The second kappa shape index (κ2) is 10.9. The third-order valence-electron chi connectivity index (χ3n) is 9.40. The Labute approximate surface area is 277 Å². The van der Waals surface area contributed by atoms with Crippen LogP contribution in [0.4, 0.5) is 5.69 Å². The van der Waals surface area contributed by atoms with Crippen molar-refractivity contribution in [3.05, 3.63) is 175 Å². The Kier molecular flexibility index (Phi) is 6.22. The molecule has 2 heterocycles. The van der Waals surface area contributed by atoms with Crippen LogP contribution in [0.25, 0.3) is 82.1 Å². The molecule has 48 heavy (non-hydrogen) atoms. The summed E-state index contributed by atoms with van der Waals surface area (Å²) in [5.41, 5.74) is 11.5. The van der Waals surface area contributed by atoms with Gasteiger partial charge in [0, 0.05) is 38.4 Å². The summed E-state index contributed by atoms with van der Waals surface area (Å²) in [4.78, 5) is 3.75. The van der Waals surface area contributed by atoms with Crippen molar-refractivity contribution in [3.8, 4) is 39.7 Å². The van der Waals surface area contributed by atoms with E-state index in [0.29, 0.717) is 11.3 Å². The van der Waals surface area contributed by atoms with Crippen LogP contribution in [0.5, 0.6) is 0 Å². The summed E-state index contributed by atoms with van der Waals surface area (Å²) in [6.45, 7) is 7.73. The topological polar surface area (TPSA) is 38.0 Å². The van der Waals surface area contributed by atoms with Crippen molar-refractivity contribution < 1.29 is 0 Å². The van der Waals surface area contributed by atoms with Gasteiger partial charge in [0.25, 0.3) is 0 Å². The number of para-hydroxylation sites is 5. The molecule has 4 heteroatoms. The van der Waals surface area contributed by atoms with Crippen LogP contribution in [0, 0.1) is 17.9 Å². The predicted molar refractivity (Wildman–Crippen MR) is 197 cm³/mol. The van der Waals surface area contributed by atoms with Crippen LogP contribution < -0.4 is 0 Å². The van der Waals surface area contributed by atoms with Crippen LogP contribution in [0.3, 0.4) is 0 Å². The van der Waals surface area contributed by atoms with Gasteiger partial charge >= 0.3 is 0 Å². The molecule has 0 saturated carbocycles. The Hall–Kier alpha value is -6.88. The highest BCUT2D eigenvalue weighted by atomic mass is 15.0. The van der Waals surface area contributed by atoms with E-state index in [1.807, 2.05) is 42.5 Å². The summed E-state index contributed by atoms with van der Waals surface area (Å²) in [5.74, 6) is 0. The van der Waals surface area contributed by atoms with E-state index in [0.717, 1.165) is 66.5 Å². The van der Waals surface area contributed by atoms with E-state index in [9.17, 15) is 5.26 Å². The van der Waals surface area contributed by atoms with Gasteiger partial charge in [-0.1, -0.05) is 115 Å². The fraction of sp³-hybridized carbons (Fsp3) is 0. The van der Waals surface area contributed by atoms with Gasteiger partial charge in [-0.15, -0.1) is 0 Å². The molecule has 0 N–H and O–H groups in total. The smallest absolute Gasteiger partial charge is 0.188 e. The van der Waals surface area contributed by atoms with Crippen molar-refractivity contribution in [2.24, 2.45) is 0 Å². The summed E-state index contributed by atoms with van der Waals surface area (Å²) in [5, 5.41) is 14.8. The first-order valence-electron chi connectivity index (χ1n) is 15.9. The maximum absolute atomic E-state index is 10.3. The van der Waals surface area contributed by atoms with Gasteiger partial charge in [-0.25, -0.2) is 4.85 Å². The van der Waals surface area contributed by atoms with E-state index in [-0.39, 0.29) is 0 Å². The van der Waals surface area contributed by atoms with Gasteiger partial charge in [-0.2, -0.15) is 5.26 Å². The summed E-state index contributed by atoms with van der Waals surface area (Å²) in [6, 6.07) is 56.7. The second-order valence-electron chi connectivity index (χ2n) is 11.9. The SMILES string of the molecule is [C-]#[N+]c1ccc2c(c1)c1ccccc1n2-c1c(-c2ccccc2C#N)cccc1-c1ccccc1-n1c2ccccc2c2ccccc21. The van der Waals surface area contributed by atoms with E-state index in [1.54, 1.807) is 0 Å². The van der Waals surface area contributed by atoms with Crippen LogP contribution in [0.2, 0.25) is 0 Å². The summed E-state index contributed by atoms with van der Waals surface area (Å²) in [7, 11) is 0. The first kappa shape index (κ1) is 27.4. The summed E-state index contributed by atoms with van der Waals surface area (Å²) >= 11 is 0. The molecule has 4 nitrogen and oxygen atoms in total. The predicted octanol–water partition coefficient (Wildman–Crippen LogP) is 11.6. The van der Waals surface area contributed by atoms with Crippen molar-refractivity contribution in [2.45, 2.75) is 0 Å². The molecule has 0 unspecified atom stereocenters. The van der Waals surface area contributed by atoms with Gasteiger partial charge in [0.1, 0.15) is 0 Å². The minimum Gasteiger partial charge on any atom is -0.309 e. The van der Waals surface area contributed by atoms with Crippen molar-refractivity contribution >= 4 is 49.3 Å². The Bertz CT molecular complexity index is 2760. The largest absolute Gasteiger partial charge is 0.309 e. The zero-order chi connectivity index (χ0) is 32.2. The van der Waals surface area contributed by atoms with Crippen molar-refractivity contribution in [2.75, 3.05) is 0 Å². The molecule has 0 aliphatic carbocycles. The number of nitriles is 1. The Morgan fingerprint density at radius 2 is 0.958 bits per heavy atom. The van der Waals surface area contributed by atoms with Gasteiger partial charge in [0.05, 0.1) is 51.6 Å². The number of aromatic nitrogens is 2. The minimum atomic E-state index is 0.602. The molecule has 0 bridgehead atoms. The van der Waals surface area contributed by atoms with Crippen LogP contribution in [0.15, 0.2) is 158 Å². The van der Waals surface area contributed by atoms with Gasteiger partial charge in [-0.05, 0) is 47.9 Å². The number of benzene rings is 7. The van der Waals surface area contributed by atoms with Crippen molar-refractivity contribution in [1.82, 2.24) is 9.13 Å². The summed E-state index contributed by atoms with van der Waals surface area (Å²) in [6.07, 6.45) is 0. The molecule has 0 radical (unpaired) electrons. The number of hydrogen-bond donors (Lipinski definition) is 0. The molecule has 9 aromatic rings. The minimum absolute atomic E-state index is 0.602. The second-order valence-corrected chi connectivity index (χ2v) is 11.9. The zero-order valence-electron chi connectivity index (χ0n) is 25.8. The first-order valence-corrected chi connectivity index (χ1v) is 15.9. The maximum Gasteiger partial charge on any atom is 0.188 e. The lowest BCUT2D eigenvalue weighted by atomic mass is 9.92. The number of hydrogen-bond acceptors (Lipinski definition) is 1. The molecule has 222 valence electrons. The molecule has 0 aliphatic rings. The normalized spacial score (nSPS) is 11.3. The monoisotopic (exact) mass is 610 g/mol. The molecule has 0 atom stereocenters. The van der Waals surface area contributed by atoms with Crippen LogP contribution in [-0.4, -0.2) is 9.13 Å². The number of rotatable bonds is 4. The number of nitrogens with zero attached hydrogens (tertiary/aromatic N) is 4. The summed E-state index contributed by atoms with van der Waals surface area (Å²) < 4.78 is 4.69. The third kappa shape index (κ3) is 4.01. The highest BCUT2D eigenvalue weighted by Crippen LogP contribution is 2.45. The molecule has 9 rings (SSSR count). The van der Waals surface area contributed by atoms with Crippen molar-refractivity contribution in [3.63, 3.8) is 0 Å². The number of fused-ring (bicyclic) bond motifs is 6. The van der Waals surface area contributed by atoms with Crippen LogP contribution in [0.1, 0.15) is 5.56 Å². The lowest BCUT2D eigenvalue weighted by Gasteiger charge is -2.22. The van der Waals surface area contributed by atoms with E-state index in [4.69, 9.17) is 6.57 Å². The molecule has 0 spiro atoms. The molecule has 0 amide bonds. The molecule has 7 aromatic carbocycles. The van der Waals surface area contributed by atoms with Gasteiger partial charge < -0.3 is 9.13 Å². The van der Waals surface area contributed by atoms with Crippen LogP contribution in [-0.2, 0) is 0 Å². The Morgan fingerprint density at radius 3 is 1.62 bits per heavy atom. The molecular weight excluding hydrogens is 585 g/mol. The standard InChI is InChI=1S/C44H26N4/c1-46-30-25-26-43-38(27-30)35-18-7-11-24-42(35)48(43)44-36(31-14-3-2-13-29(31)28-45)19-12-20-37(44)34-17-6-10-23-41(34)47-39-21-8-4-15-32(39)33-16-5-9-22-40(33)47/h2-27H. The van der Waals surface area contributed by atoms with E-state index >= 15 is 0 Å². The maximum atomic E-state index is 10.3. The highest BCUT2D eigenvalue weighted by molar-refractivity contribution is 6.12. The average Bonchev–Trinajstić information content (AvgIpc) is 3.67. The van der Waals surface area contributed by atoms with E-state index in [1.165, 1.54) is 10.8 Å². The van der Waals surface area contributed by atoms with Gasteiger partial charge in [0.2, 0.25) is 0 Å². The van der Waals surface area contributed by atoms with Crippen LogP contribution >= 0.6 is 0 Å². The average molecular weight is 611 g/mol. The fourth-order valence-electron chi connectivity index (χ4n) is 7.38.